The molecule has 1 N–H and O–H groups in total. The Bertz CT molecular complexity index is 339. The Kier molecular flexibility index (Phi) is 4.21. The quantitative estimate of drug-likeness (QED) is 0.622. The van der Waals surface area contributed by atoms with Gasteiger partial charge in [0.25, 0.3) is 0 Å². The normalized spacial score (nSPS) is 11.5. The van der Waals surface area contributed by atoms with Crippen LogP contribution in [0.5, 0.6) is 0 Å². The molecule has 1 nitrogen and oxygen atoms in total. The van der Waals surface area contributed by atoms with Crippen molar-refractivity contribution in [1.29, 1.82) is 0 Å². The van der Waals surface area contributed by atoms with Crippen LogP contribution in [0.15, 0.2) is 23.1 Å². The third-order valence-electron chi connectivity index (χ3n) is 1.76. The van der Waals surface area contributed by atoms with Crippen molar-refractivity contribution in [1.82, 2.24) is 0 Å². The molecule has 0 radical (unpaired) electrons. The van der Waals surface area contributed by atoms with Gasteiger partial charge in [0, 0.05) is 17.1 Å². The molecular weight excluding hydrogens is 243 g/mol. The van der Waals surface area contributed by atoms with Crippen LogP contribution in [-0.2, 0) is 6.18 Å². The zero-order valence-corrected chi connectivity index (χ0v) is 9.64. The molecule has 1 rings (SSSR count). The summed E-state index contributed by atoms with van der Waals surface area (Å²) in [5.74, 6) is 0. The fraction of sp³-hybridized carbons (Fsp3) is 0.333. The van der Waals surface area contributed by atoms with E-state index in [-0.39, 0.29) is 4.90 Å². The van der Waals surface area contributed by atoms with Crippen molar-refractivity contribution in [2.75, 3.05) is 11.9 Å². The Morgan fingerprint density at radius 1 is 1.40 bits per heavy atom. The smallest absolute Gasteiger partial charge is 0.385 e. The molecule has 0 bridgehead atoms. The molecule has 0 saturated heterocycles. The molecule has 0 fully saturated rings. The molecule has 0 aliphatic heterocycles. The zero-order chi connectivity index (χ0) is 11.5. The van der Waals surface area contributed by atoms with Crippen LogP contribution in [0.2, 0.25) is 0 Å². The van der Waals surface area contributed by atoms with Crippen molar-refractivity contribution in [3.8, 4) is 0 Å². The van der Waals surface area contributed by atoms with Gasteiger partial charge in [0.2, 0.25) is 0 Å². The number of rotatable bonds is 3. The molecule has 6 heteroatoms. The molecule has 0 amide bonds. The Morgan fingerprint density at radius 2 is 2.07 bits per heavy atom. The van der Waals surface area contributed by atoms with E-state index in [1.807, 2.05) is 6.92 Å². The van der Waals surface area contributed by atoms with Gasteiger partial charge >= 0.3 is 6.18 Å². The molecular formula is C9H10F3NS2. The summed E-state index contributed by atoms with van der Waals surface area (Å²) < 4.78 is 37.7. The zero-order valence-electron chi connectivity index (χ0n) is 7.93. The van der Waals surface area contributed by atoms with E-state index >= 15 is 0 Å². The molecule has 15 heavy (non-hydrogen) atoms. The lowest BCUT2D eigenvalue weighted by atomic mass is 10.2. The van der Waals surface area contributed by atoms with Crippen LogP contribution in [0, 0.1) is 0 Å². The van der Waals surface area contributed by atoms with Crippen LogP contribution in [-0.4, -0.2) is 6.54 Å². The molecule has 0 atom stereocenters. The second-order valence-electron chi connectivity index (χ2n) is 2.83. The van der Waals surface area contributed by atoms with Gasteiger partial charge in [-0.25, -0.2) is 0 Å². The van der Waals surface area contributed by atoms with E-state index in [0.717, 1.165) is 16.9 Å². The highest BCUT2D eigenvalue weighted by atomic mass is 33.1. The van der Waals surface area contributed by atoms with Crippen molar-refractivity contribution in [2.24, 2.45) is 0 Å². The van der Waals surface area contributed by atoms with Crippen molar-refractivity contribution >= 4 is 28.1 Å². The minimum atomic E-state index is -4.34. The van der Waals surface area contributed by atoms with E-state index in [0.29, 0.717) is 12.2 Å². The van der Waals surface area contributed by atoms with Crippen molar-refractivity contribution < 1.29 is 13.2 Å². The average molecular weight is 253 g/mol. The van der Waals surface area contributed by atoms with Crippen LogP contribution < -0.4 is 5.32 Å². The predicted molar refractivity (Wildman–Crippen MR) is 60.5 cm³/mol. The van der Waals surface area contributed by atoms with E-state index in [9.17, 15) is 13.2 Å². The molecule has 0 aromatic heterocycles. The van der Waals surface area contributed by atoms with Crippen molar-refractivity contribution in [3.63, 3.8) is 0 Å². The molecule has 0 heterocycles. The van der Waals surface area contributed by atoms with E-state index < -0.39 is 11.7 Å². The van der Waals surface area contributed by atoms with E-state index in [4.69, 9.17) is 0 Å². The van der Waals surface area contributed by atoms with E-state index in [2.05, 4.69) is 17.0 Å². The van der Waals surface area contributed by atoms with E-state index in [1.54, 1.807) is 6.07 Å². The molecule has 0 aliphatic rings. The first kappa shape index (κ1) is 12.6. The Balaban J connectivity index is 3.13. The predicted octanol–water partition coefficient (Wildman–Crippen LogP) is 4.07. The summed E-state index contributed by atoms with van der Waals surface area (Å²) in [4.78, 5) is 0.118. The average Bonchev–Trinajstić information content (AvgIpc) is 2.17. The highest BCUT2D eigenvalue weighted by Gasteiger charge is 2.33. The van der Waals surface area contributed by atoms with Gasteiger partial charge in [-0.3, -0.25) is 0 Å². The number of thiol groups is 1. The molecule has 0 unspecified atom stereocenters. The number of halogens is 3. The summed E-state index contributed by atoms with van der Waals surface area (Å²) in [6.07, 6.45) is -4.34. The molecule has 0 saturated carbocycles. The number of benzene rings is 1. The fourth-order valence-electron chi connectivity index (χ4n) is 1.15. The van der Waals surface area contributed by atoms with Crippen LogP contribution >= 0.6 is 22.5 Å². The lowest BCUT2D eigenvalue weighted by molar-refractivity contribution is -0.139. The summed E-state index contributed by atoms with van der Waals surface area (Å²) in [6, 6.07) is 4.12. The minimum absolute atomic E-state index is 0.118. The third kappa shape index (κ3) is 3.24. The highest BCUT2D eigenvalue weighted by molar-refractivity contribution is 8.68. The number of nitrogens with one attached hydrogen (secondary N) is 1. The van der Waals surface area contributed by atoms with Crippen LogP contribution in [0.25, 0.3) is 0 Å². The maximum Gasteiger partial charge on any atom is 0.417 e. The fourth-order valence-corrected chi connectivity index (χ4v) is 2.02. The first-order valence-electron chi connectivity index (χ1n) is 4.25. The van der Waals surface area contributed by atoms with Gasteiger partial charge in [-0.1, -0.05) is 10.8 Å². The largest absolute Gasteiger partial charge is 0.417 e. The van der Waals surface area contributed by atoms with Crippen molar-refractivity contribution in [2.45, 2.75) is 18.0 Å². The van der Waals surface area contributed by atoms with Gasteiger partial charge in [0.1, 0.15) is 0 Å². The summed E-state index contributed by atoms with van der Waals surface area (Å²) in [5, 5.41) is 2.84. The SMILES string of the molecule is CCNc1ccc(SS)c(C(F)(F)F)c1. The van der Waals surface area contributed by atoms with Crippen LogP contribution in [0.3, 0.4) is 0 Å². The Morgan fingerprint density at radius 3 is 2.53 bits per heavy atom. The van der Waals surface area contributed by atoms with Gasteiger partial charge in [-0.2, -0.15) is 13.2 Å². The Hall–Kier alpha value is -0.490. The summed E-state index contributed by atoms with van der Waals surface area (Å²) >= 11 is 3.79. The number of anilines is 1. The number of alkyl halides is 3. The van der Waals surface area contributed by atoms with Gasteiger partial charge in [0.05, 0.1) is 5.56 Å². The summed E-state index contributed by atoms with van der Waals surface area (Å²) in [7, 11) is 0.796. The summed E-state index contributed by atoms with van der Waals surface area (Å²) in [5.41, 5.74) is -0.183. The van der Waals surface area contributed by atoms with E-state index in [1.165, 1.54) is 6.07 Å². The third-order valence-corrected chi connectivity index (χ3v) is 2.91. The van der Waals surface area contributed by atoms with Crippen LogP contribution in [0.1, 0.15) is 12.5 Å². The second-order valence-corrected chi connectivity index (χ2v) is 4.00. The maximum absolute atomic E-state index is 12.6. The molecule has 0 aliphatic carbocycles. The van der Waals surface area contributed by atoms with Crippen LogP contribution in [0.4, 0.5) is 18.9 Å². The Labute approximate surface area is 95.3 Å². The van der Waals surface area contributed by atoms with Gasteiger partial charge in [-0.05, 0) is 25.1 Å². The summed E-state index contributed by atoms with van der Waals surface area (Å²) in [6.45, 7) is 2.42. The standard InChI is InChI=1S/C9H10F3NS2/c1-2-13-6-3-4-8(15-14)7(5-6)9(10,11)12/h3-5,13-14H,2H2,1H3. The van der Waals surface area contributed by atoms with Crippen molar-refractivity contribution in [3.05, 3.63) is 23.8 Å². The lowest BCUT2D eigenvalue weighted by Gasteiger charge is -2.13. The maximum atomic E-state index is 12.6. The molecule has 84 valence electrons. The van der Waals surface area contributed by atoms with Gasteiger partial charge < -0.3 is 5.32 Å². The monoisotopic (exact) mass is 253 g/mol. The molecule has 1 aromatic carbocycles. The number of hydrogen-bond donors (Lipinski definition) is 2. The highest BCUT2D eigenvalue weighted by Crippen LogP contribution is 2.39. The number of hydrogen-bond acceptors (Lipinski definition) is 3. The first-order chi connectivity index (χ1) is 6.99. The molecule has 0 spiro atoms. The lowest BCUT2D eigenvalue weighted by Crippen LogP contribution is -2.08. The molecule has 1 aromatic rings. The van der Waals surface area contributed by atoms with Gasteiger partial charge in [-0.15, -0.1) is 11.7 Å². The second kappa shape index (κ2) is 5.03. The minimum Gasteiger partial charge on any atom is -0.385 e. The van der Waals surface area contributed by atoms with Gasteiger partial charge in [0.15, 0.2) is 0 Å². The first-order valence-corrected chi connectivity index (χ1v) is 6.12. The topological polar surface area (TPSA) is 12.0 Å².